The molecule has 0 heterocycles. The van der Waals surface area contributed by atoms with Crippen LogP contribution in [0.25, 0.3) is 9.44 Å². The first-order chi connectivity index (χ1) is 13.2. The molecule has 31 heavy (non-hydrogen) atoms. The Kier molecular flexibility index (Phi) is 24.5. The van der Waals surface area contributed by atoms with Crippen molar-refractivity contribution in [3.05, 3.63) is 9.44 Å². The first-order valence-electron chi connectivity index (χ1n) is 7.94. The van der Waals surface area contributed by atoms with Gasteiger partial charge in [0.1, 0.15) is 0 Å². The molecule has 0 N–H and O–H groups in total. The molecule has 0 fully saturated rings. The van der Waals surface area contributed by atoms with E-state index in [-0.39, 0.29) is 190 Å². The summed E-state index contributed by atoms with van der Waals surface area (Å²) in [5.74, 6) is 0. The van der Waals surface area contributed by atoms with Gasteiger partial charge >= 0.3 is 149 Å². The van der Waals surface area contributed by atoms with E-state index in [1.54, 1.807) is 0 Å². The van der Waals surface area contributed by atoms with Gasteiger partial charge in [0, 0.05) is 13.2 Å². The number of sulfonamides is 2. The fourth-order valence-corrected chi connectivity index (χ4v) is 2.42. The van der Waals surface area contributed by atoms with Crippen molar-refractivity contribution in [2.24, 2.45) is 0 Å². The second-order valence-electron chi connectivity index (χ2n) is 5.09. The smallest absolute Gasteiger partial charge is 0.541 e. The zero-order valence-corrected chi connectivity index (χ0v) is 31.1. The Morgan fingerprint density at radius 3 is 1.06 bits per heavy atom. The molecule has 0 aliphatic heterocycles. The molecule has 0 aromatic carbocycles. The molecule has 0 amide bonds. The van der Waals surface area contributed by atoms with Crippen molar-refractivity contribution in [3.8, 4) is 0 Å². The van der Waals surface area contributed by atoms with Gasteiger partial charge in [-0.15, -0.1) is 13.1 Å². The largest absolute Gasteiger partial charge is 1.00 e. The minimum atomic E-state index is -5.48. The number of alkyl halides is 6. The van der Waals surface area contributed by atoms with E-state index in [0.717, 1.165) is 0 Å². The van der Waals surface area contributed by atoms with Gasteiger partial charge in [0.2, 0.25) is 0 Å². The van der Waals surface area contributed by atoms with Crippen LogP contribution in [0.5, 0.6) is 0 Å². The summed E-state index contributed by atoms with van der Waals surface area (Å²) in [6, 6.07) is 0. The maximum atomic E-state index is 12.0. The van der Waals surface area contributed by atoms with Crippen LogP contribution in [0, 0.1) is 0 Å². The number of halogens is 6. The number of rotatable bonds is 16. The molecular weight excluding hydrogens is 728 g/mol. The first kappa shape index (κ1) is 38.9. The SMILES string of the molecule is O=S(=O)([N-]CCCOCCOCCOCCC[N-]S(=O)(=O)C(F)(F)F)C(F)(F)F.[Cs+].[Cs+]. The standard InChI is InChI=1S/C12H20F6N2O7S2.2Cs/c13-11(14,15)28(21,22)19-3-1-5-25-7-9-27-10-8-26-6-2-4-20-29(23,24)12(16,17)18;;/h1-10H2;;/q-2;2*+1. The molecule has 0 saturated heterocycles. The van der Waals surface area contributed by atoms with Crippen LogP contribution < -0.4 is 138 Å². The molecule has 0 aliphatic rings. The van der Waals surface area contributed by atoms with Crippen molar-refractivity contribution in [3.63, 3.8) is 0 Å². The van der Waals surface area contributed by atoms with Crippen molar-refractivity contribution in [1.29, 1.82) is 0 Å². The number of hydrogen-bond donors (Lipinski definition) is 0. The molecule has 19 heteroatoms. The molecule has 0 aromatic heterocycles. The third-order valence-electron chi connectivity index (χ3n) is 2.75. The molecule has 0 unspecified atom stereocenters. The Morgan fingerprint density at radius 1 is 0.548 bits per heavy atom. The van der Waals surface area contributed by atoms with Crippen LogP contribution in [0.15, 0.2) is 0 Å². The summed E-state index contributed by atoms with van der Waals surface area (Å²) in [6.45, 7) is -0.788. The van der Waals surface area contributed by atoms with Gasteiger partial charge in [-0.1, -0.05) is 0 Å². The molecule has 9 nitrogen and oxygen atoms in total. The molecule has 0 bridgehead atoms. The number of ether oxygens (including phenoxy) is 3. The summed E-state index contributed by atoms with van der Waals surface area (Å²) in [5, 5.41) is 0. The van der Waals surface area contributed by atoms with Crippen molar-refractivity contribution < 1.29 is 195 Å². The maximum absolute atomic E-state index is 12.0. The van der Waals surface area contributed by atoms with Crippen LogP contribution in [-0.4, -0.2) is 80.6 Å². The molecule has 0 saturated carbocycles. The quantitative estimate of drug-likeness (QED) is 0.118. The van der Waals surface area contributed by atoms with E-state index in [1.807, 2.05) is 0 Å². The monoisotopic (exact) mass is 748 g/mol. The van der Waals surface area contributed by atoms with Crippen molar-refractivity contribution >= 4 is 20.0 Å². The Labute approximate surface area is 294 Å². The van der Waals surface area contributed by atoms with Gasteiger partial charge in [-0.25, -0.2) is 16.8 Å². The van der Waals surface area contributed by atoms with Crippen LogP contribution >= 0.6 is 0 Å². The van der Waals surface area contributed by atoms with Crippen LogP contribution in [0.1, 0.15) is 12.8 Å². The molecule has 176 valence electrons. The molecular formula is C12H20Cs2F6N2O7S2. The van der Waals surface area contributed by atoms with Gasteiger partial charge < -0.3 is 23.7 Å². The average Bonchev–Trinajstić information content (AvgIpc) is 2.56. The Balaban J connectivity index is -0.00000392. The molecule has 0 aromatic rings. The van der Waals surface area contributed by atoms with Crippen molar-refractivity contribution in [2.75, 3.05) is 52.7 Å². The van der Waals surface area contributed by atoms with Gasteiger partial charge in [0.25, 0.3) is 0 Å². The fraction of sp³-hybridized carbons (Fsp3) is 1.00. The zero-order chi connectivity index (χ0) is 22.6. The van der Waals surface area contributed by atoms with Gasteiger partial charge in [-0.2, -0.15) is 26.3 Å². The van der Waals surface area contributed by atoms with Crippen LogP contribution in [0.4, 0.5) is 26.3 Å². The molecule has 0 radical (unpaired) electrons. The normalized spacial score (nSPS) is 12.8. The van der Waals surface area contributed by atoms with Gasteiger partial charge in [0.15, 0.2) is 20.0 Å². The number of nitrogens with zero attached hydrogens (tertiary/aromatic N) is 2. The molecule has 0 rings (SSSR count). The Bertz CT molecular complexity index is 607. The summed E-state index contributed by atoms with van der Waals surface area (Å²) in [6.07, 6.45) is -0.0684. The predicted molar refractivity (Wildman–Crippen MR) is 88.1 cm³/mol. The van der Waals surface area contributed by atoms with E-state index in [2.05, 4.69) is 9.44 Å². The van der Waals surface area contributed by atoms with E-state index < -0.39 is 44.2 Å². The third-order valence-corrected chi connectivity index (χ3v) is 4.96. The van der Waals surface area contributed by atoms with E-state index >= 15 is 0 Å². The van der Waals surface area contributed by atoms with Crippen molar-refractivity contribution in [2.45, 2.75) is 23.9 Å². The van der Waals surface area contributed by atoms with Crippen molar-refractivity contribution in [1.82, 2.24) is 0 Å². The minimum absolute atomic E-state index is 0. The Morgan fingerprint density at radius 2 is 0.806 bits per heavy atom. The van der Waals surface area contributed by atoms with E-state index in [4.69, 9.17) is 14.2 Å². The summed E-state index contributed by atoms with van der Waals surface area (Å²) >= 11 is 0. The minimum Gasteiger partial charge on any atom is -0.541 e. The predicted octanol–water partition coefficient (Wildman–Crippen LogP) is -3.73. The van der Waals surface area contributed by atoms with E-state index in [0.29, 0.717) is 0 Å². The Hall–Kier alpha value is 3.38. The average molecular weight is 748 g/mol. The van der Waals surface area contributed by atoms with Crippen LogP contribution in [0.2, 0.25) is 0 Å². The van der Waals surface area contributed by atoms with E-state index in [9.17, 15) is 43.2 Å². The summed E-state index contributed by atoms with van der Waals surface area (Å²) in [5.41, 5.74) is -10.8. The van der Waals surface area contributed by atoms with Crippen LogP contribution in [-0.2, 0) is 34.3 Å². The van der Waals surface area contributed by atoms with E-state index in [1.165, 1.54) is 0 Å². The third kappa shape index (κ3) is 19.2. The summed E-state index contributed by atoms with van der Waals surface area (Å²) < 4.78 is 134. The first-order valence-corrected chi connectivity index (χ1v) is 10.8. The molecule has 0 atom stereocenters. The van der Waals surface area contributed by atoms with Gasteiger partial charge in [-0.05, 0) is 12.8 Å². The summed E-state index contributed by atoms with van der Waals surface area (Å²) in [7, 11) is -11.0. The number of hydrogen-bond acceptors (Lipinski definition) is 7. The maximum Gasteiger partial charge on any atom is 1.00 e. The zero-order valence-electron chi connectivity index (χ0n) is 16.9. The second kappa shape index (κ2) is 19.5. The topological polar surface area (TPSA) is 124 Å². The summed E-state index contributed by atoms with van der Waals surface area (Å²) in [4.78, 5) is 0. The fourth-order valence-electron chi connectivity index (χ4n) is 1.39. The second-order valence-corrected chi connectivity index (χ2v) is 8.43. The van der Waals surface area contributed by atoms with Gasteiger partial charge in [-0.3, -0.25) is 0 Å². The van der Waals surface area contributed by atoms with Crippen LogP contribution in [0.3, 0.4) is 0 Å². The van der Waals surface area contributed by atoms with Gasteiger partial charge in [0.05, 0.1) is 26.4 Å². The molecule has 0 spiro atoms. The molecule has 0 aliphatic carbocycles.